The smallest absolute Gasteiger partial charge is 0.352 e. The van der Waals surface area contributed by atoms with E-state index in [0.717, 1.165) is 12.1 Å². The van der Waals surface area contributed by atoms with Crippen molar-refractivity contribution in [1.29, 1.82) is 0 Å². The molecule has 41 heavy (non-hydrogen) atoms. The van der Waals surface area contributed by atoms with Gasteiger partial charge in [0.15, 0.2) is 0 Å². The van der Waals surface area contributed by atoms with Crippen molar-refractivity contribution in [3.8, 4) is 0 Å². The van der Waals surface area contributed by atoms with Gasteiger partial charge in [0, 0.05) is 12.6 Å². The van der Waals surface area contributed by atoms with Gasteiger partial charge >= 0.3 is 6.18 Å². The molecule has 1 N–H and O–H groups in total. The van der Waals surface area contributed by atoms with E-state index >= 15 is 0 Å². The SMILES string of the molecule is CC[C@@H](C)NC(=O)[C@H](C)N(Cc1ccccc1)C(=O)CN(c1ccc(Cl)c(C(F)(F)F)c1)S(=O)(=O)c1ccccc1. The molecule has 0 aliphatic rings. The summed E-state index contributed by atoms with van der Waals surface area (Å²) in [6, 6.07) is 17.2. The predicted molar refractivity (Wildman–Crippen MR) is 152 cm³/mol. The zero-order chi connectivity index (χ0) is 30.4. The molecule has 0 bridgehead atoms. The van der Waals surface area contributed by atoms with Crippen LogP contribution < -0.4 is 9.62 Å². The van der Waals surface area contributed by atoms with Gasteiger partial charge in [-0.15, -0.1) is 0 Å². The number of alkyl halides is 3. The van der Waals surface area contributed by atoms with Crippen LogP contribution >= 0.6 is 11.6 Å². The van der Waals surface area contributed by atoms with Gasteiger partial charge in [0.05, 0.1) is 21.2 Å². The van der Waals surface area contributed by atoms with Gasteiger partial charge in [-0.1, -0.05) is 67.1 Å². The number of hydrogen-bond donors (Lipinski definition) is 1. The molecule has 3 rings (SSSR count). The van der Waals surface area contributed by atoms with Crippen molar-refractivity contribution in [2.75, 3.05) is 10.8 Å². The summed E-state index contributed by atoms with van der Waals surface area (Å²) in [5.41, 5.74) is -0.984. The van der Waals surface area contributed by atoms with E-state index in [-0.39, 0.29) is 17.5 Å². The zero-order valence-electron chi connectivity index (χ0n) is 22.7. The molecule has 0 radical (unpaired) electrons. The molecule has 0 saturated carbocycles. The van der Waals surface area contributed by atoms with Gasteiger partial charge in [0.2, 0.25) is 11.8 Å². The van der Waals surface area contributed by atoms with Crippen molar-refractivity contribution < 1.29 is 31.2 Å². The first-order chi connectivity index (χ1) is 19.3. The van der Waals surface area contributed by atoms with E-state index < -0.39 is 56.9 Å². The molecule has 3 aromatic carbocycles. The second kappa shape index (κ2) is 13.4. The van der Waals surface area contributed by atoms with Crippen molar-refractivity contribution in [1.82, 2.24) is 10.2 Å². The van der Waals surface area contributed by atoms with E-state index in [2.05, 4.69) is 5.32 Å². The third-order valence-electron chi connectivity index (χ3n) is 6.52. The molecular formula is C29H31ClF3N3O4S. The first-order valence-electron chi connectivity index (χ1n) is 12.8. The molecule has 2 atom stereocenters. The minimum atomic E-state index is -4.87. The molecule has 0 spiro atoms. The maximum Gasteiger partial charge on any atom is 0.417 e. The molecule has 0 fully saturated rings. The van der Waals surface area contributed by atoms with Gasteiger partial charge in [-0.2, -0.15) is 13.2 Å². The Morgan fingerprint density at radius 2 is 1.54 bits per heavy atom. The maximum atomic E-state index is 13.9. The summed E-state index contributed by atoms with van der Waals surface area (Å²) in [4.78, 5) is 27.9. The van der Waals surface area contributed by atoms with Crippen LogP contribution in [-0.4, -0.2) is 43.8 Å². The Bertz CT molecular complexity index is 1460. The molecule has 2 amide bonds. The fourth-order valence-electron chi connectivity index (χ4n) is 3.96. The van der Waals surface area contributed by atoms with Crippen LogP contribution in [0.1, 0.15) is 38.3 Å². The number of hydrogen-bond acceptors (Lipinski definition) is 4. The number of halogens is 4. The second-order valence-electron chi connectivity index (χ2n) is 9.49. The molecule has 0 heterocycles. The fraction of sp³-hybridized carbons (Fsp3) is 0.310. The molecule has 3 aromatic rings. The van der Waals surface area contributed by atoms with Crippen molar-refractivity contribution in [3.63, 3.8) is 0 Å². The first kappa shape index (κ1) is 32.0. The normalized spacial score (nSPS) is 13.2. The standard InChI is InChI=1S/C29H31ClF3N3O4S/c1-4-20(2)34-28(38)21(3)35(18-22-11-7-5-8-12-22)27(37)19-36(41(39,40)24-13-9-6-10-14-24)23-15-16-26(30)25(17-23)29(31,32)33/h5-17,20-21H,4,18-19H2,1-3H3,(H,34,38)/t20-,21+/m1/s1. The van der Waals surface area contributed by atoms with Gasteiger partial charge in [0.25, 0.3) is 10.0 Å². The molecule has 12 heteroatoms. The van der Waals surface area contributed by atoms with Crippen LogP contribution in [0.15, 0.2) is 83.8 Å². The topological polar surface area (TPSA) is 86.8 Å². The monoisotopic (exact) mass is 609 g/mol. The number of nitrogens with one attached hydrogen (secondary N) is 1. The molecule has 220 valence electrons. The number of anilines is 1. The average Bonchev–Trinajstić information content (AvgIpc) is 2.94. The third kappa shape index (κ3) is 8.01. The fourth-order valence-corrected chi connectivity index (χ4v) is 5.61. The Morgan fingerprint density at radius 3 is 2.10 bits per heavy atom. The van der Waals surface area contributed by atoms with E-state index in [1.165, 1.54) is 36.1 Å². The van der Waals surface area contributed by atoms with Gasteiger partial charge in [-0.05, 0) is 56.2 Å². The summed E-state index contributed by atoms with van der Waals surface area (Å²) < 4.78 is 69.2. The van der Waals surface area contributed by atoms with Crippen LogP contribution in [0.2, 0.25) is 5.02 Å². The van der Waals surface area contributed by atoms with E-state index in [0.29, 0.717) is 22.4 Å². The molecular weight excluding hydrogens is 579 g/mol. The lowest BCUT2D eigenvalue weighted by molar-refractivity contribution is -0.139. The van der Waals surface area contributed by atoms with Crippen LogP contribution in [0, 0.1) is 0 Å². The van der Waals surface area contributed by atoms with Crippen molar-refractivity contribution in [2.45, 2.75) is 56.9 Å². The highest BCUT2D eigenvalue weighted by atomic mass is 35.5. The summed E-state index contributed by atoms with van der Waals surface area (Å²) in [5, 5.41) is 2.20. The number of amides is 2. The van der Waals surface area contributed by atoms with E-state index in [1.54, 1.807) is 43.3 Å². The van der Waals surface area contributed by atoms with E-state index in [1.807, 2.05) is 6.92 Å². The van der Waals surface area contributed by atoms with Crippen LogP contribution in [0.4, 0.5) is 18.9 Å². The summed E-state index contributed by atoms with van der Waals surface area (Å²) >= 11 is 5.79. The van der Waals surface area contributed by atoms with Gasteiger partial charge in [-0.3, -0.25) is 13.9 Å². The maximum absolute atomic E-state index is 13.9. The van der Waals surface area contributed by atoms with Crippen molar-refractivity contribution in [3.05, 3.63) is 95.0 Å². The lowest BCUT2D eigenvalue weighted by Crippen LogP contribution is -2.52. The Labute approximate surface area is 243 Å². The average molecular weight is 610 g/mol. The van der Waals surface area contributed by atoms with Gasteiger partial charge in [-0.25, -0.2) is 8.42 Å². The number of benzene rings is 3. The Kier molecular flexibility index (Phi) is 10.4. The van der Waals surface area contributed by atoms with Crippen LogP contribution in [0.3, 0.4) is 0 Å². The highest BCUT2D eigenvalue weighted by Gasteiger charge is 2.37. The minimum Gasteiger partial charge on any atom is -0.352 e. The quantitative estimate of drug-likeness (QED) is 0.294. The van der Waals surface area contributed by atoms with Crippen LogP contribution in [0.5, 0.6) is 0 Å². The number of rotatable bonds is 11. The van der Waals surface area contributed by atoms with Gasteiger partial charge < -0.3 is 10.2 Å². The van der Waals surface area contributed by atoms with Crippen molar-refractivity contribution in [2.24, 2.45) is 0 Å². The summed E-state index contributed by atoms with van der Waals surface area (Å²) in [6.07, 6.45) is -4.23. The highest BCUT2D eigenvalue weighted by Crippen LogP contribution is 2.38. The Hall–Kier alpha value is -3.57. The number of sulfonamides is 1. The van der Waals surface area contributed by atoms with Crippen molar-refractivity contribution >= 4 is 39.1 Å². The Morgan fingerprint density at radius 1 is 0.951 bits per heavy atom. The summed E-state index contributed by atoms with van der Waals surface area (Å²) in [7, 11) is -4.52. The van der Waals surface area contributed by atoms with E-state index in [4.69, 9.17) is 11.6 Å². The van der Waals surface area contributed by atoms with Gasteiger partial charge in [0.1, 0.15) is 12.6 Å². The van der Waals surface area contributed by atoms with Crippen LogP contribution in [-0.2, 0) is 32.3 Å². The zero-order valence-corrected chi connectivity index (χ0v) is 24.3. The molecule has 0 aliphatic carbocycles. The molecule has 7 nitrogen and oxygen atoms in total. The molecule has 0 aliphatic heterocycles. The Balaban J connectivity index is 2.09. The number of carbonyl (C=O) groups excluding carboxylic acids is 2. The second-order valence-corrected chi connectivity index (χ2v) is 11.8. The summed E-state index contributed by atoms with van der Waals surface area (Å²) in [5.74, 6) is -1.24. The molecule has 0 unspecified atom stereocenters. The molecule has 0 saturated heterocycles. The first-order valence-corrected chi connectivity index (χ1v) is 14.7. The largest absolute Gasteiger partial charge is 0.417 e. The highest BCUT2D eigenvalue weighted by molar-refractivity contribution is 7.92. The number of carbonyl (C=O) groups is 2. The minimum absolute atomic E-state index is 0.0393. The van der Waals surface area contributed by atoms with Crippen LogP contribution in [0.25, 0.3) is 0 Å². The predicted octanol–water partition coefficient (Wildman–Crippen LogP) is 5.89. The summed E-state index contributed by atoms with van der Waals surface area (Å²) in [6.45, 7) is 4.29. The lowest BCUT2D eigenvalue weighted by atomic mass is 10.1. The van der Waals surface area contributed by atoms with E-state index in [9.17, 15) is 31.2 Å². The lowest BCUT2D eigenvalue weighted by Gasteiger charge is -2.32. The third-order valence-corrected chi connectivity index (χ3v) is 8.64. The number of nitrogens with zero attached hydrogens (tertiary/aromatic N) is 2. The molecule has 0 aromatic heterocycles.